The van der Waals surface area contributed by atoms with Crippen molar-refractivity contribution in [3.05, 3.63) is 89.5 Å². The predicted octanol–water partition coefficient (Wildman–Crippen LogP) is 5.62. The fraction of sp³-hybridized carbons (Fsp3) is 0.333. The van der Waals surface area contributed by atoms with E-state index in [4.69, 9.17) is 4.74 Å². The zero-order valence-corrected chi connectivity index (χ0v) is 25.7. The Morgan fingerprint density at radius 3 is 2.79 bits per heavy atom. The van der Waals surface area contributed by atoms with Gasteiger partial charge in [0.15, 0.2) is 0 Å². The van der Waals surface area contributed by atoms with Crippen molar-refractivity contribution in [2.75, 3.05) is 6.54 Å². The minimum Gasteiger partial charge on any atom is -0.455 e. The number of fused-ring (bicyclic) bond motifs is 2. The normalized spacial score (nSPS) is 18.9. The van der Waals surface area contributed by atoms with Crippen molar-refractivity contribution < 1.29 is 19.1 Å². The standard InChI is InChI=1S/C18H23N5O3.C15H16OS/c1-2-14-3-4-16(23(14)17(25)10-20-11-24)18(26)21-9-13-7-12-8-19-6-5-15(12)22-13;1-4-7-11(2)10-14-12(3)17-15-9-6-5-8-13(15)16-14/h5-8,11,14,16,22H,2-4,9-10H2,1H3,(H,20,24)(H,21,26);5-10H,3-4H2,1-2H3/b;11-7-,14-10+. The number of nitrogens with zero attached hydrogens (tertiary/aromatic N) is 2. The number of carbonyl (C=O) groups is 3. The van der Waals surface area contributed by atoms with E-state index in [-0.39, 0.29) is 24.4 Å². The number of nitrogens with one attached hydrogen (secondary N) is 3. The number of aromatic nitrogens is 2. The third-order valence-electron chi connectivity index (χ3n) is 7.29. The second-order valence-electron chi connectivity index (χ2n) is 10.4. The molecule has 0 bridgehead atoms. The molecular formula is C33H39N5O4S. The molecule has 0 aliphatic carbocycles. The second-order valence-corrected chi connectivity index (χ2v) is 11.5. The second kappa shape index (κ2) is 15.2. The van der Waals surface area contributed by atoms with E-state index < -0.39 is 6.04 Å². The summed E-state index contributed by atoms with van der Waals surface area (Å²) < 4.78 is 5.86. The highest BCUT2D eigenvalue weighted by molar-refractivity contribution is 8.03. The number of hydrogen-bond acceptors (Lipinski definition) is 6. The highest BCUT2D eigenvalue weighted by Gasteiger charge is 2.39. The fourth-order valence-corrected chi connectivity index (χ4v) is 6.06. The quantitative estimate of drug-likeness (QED) is 0.274. The maximum Gasteiger partial charge on any atom is 0.243 e. The summed E-state index contributed by atoms with van der Waals surface area (Å²) in [6.45, 7) is 10.5. The van der Waals surface area contributed by atoms with E-state index in [9.17, 15) is 14.4 Å². The maximum absolute atomic E-state index is 12.7. The number of carbonyl (C=O) groups excluding carboxylic acids is 3. The average molecular weight is 602 g/mol. The molecule has 0 radical (unpaired) electrons. The average Bonchev–Trinajstić information content (AvgIpc) is 3.64. The monoisotopic (exact) mass is 601 g/mol. The first-order chi connectivity index (χ1) is 20.8. The largest absolute Gasteiger partial charge is 0.455 e. The minimum atomic E-state index is -0.494. The van der Waals surface area contributed by atoms with Gasteiger partial charge < -0.3 is 25.3 Å². The van der Waals surface area contributed by atoms with E-state index in [1.165, 1.54) is 5.57 Å². The lowest BCUT2D eigenvalue weighted by Crippen LogP contribution is -2.51. The van der Waals surface area contributed by atoms with Gasteiger partial charge in [-0.25, -0.2) is 0 Å². The van der Waals surface area contributed by atoms with Crippen LogP contribution >= 0.6 is 11.8 Å². The molecule has 5 rings (SSSR count). The van der Waals surface area contributed by atoms with Crippen LogP contribution in [0.5, 0.6) is 5.75 Å². The number of H-pyrrole nitrogens is 1. The molecular weight excluding hydrogens is 562 g/mol. The van der Waals surface area contributed by atoms with Gasteiger partial charge in [0, 0.05) is 39.9 Å². The van der Waals surface area contributed by atoms with Crippen LogP contribution in [0.3, 0.4) is 0 Å². The molecule has 226 valence electrons. The van der Waals surface area contributed by atoms with Gasteiger partial charge in [0.05, 0.1) is 18.0 Å². The number of para-hydroxylation sites is 1. The van der Waals surface area contributed by atoms with Crippen molar-refractivity contribution in [2.24, 2.45) is 0 Å². The number of allylic oxidation sites excluding steroid dienone is 3. The van der Waals surface area contributed by atoms with Crippen molar-refractivity contribution in [1.82, 2.24) is 25.5 Å². The molecule has 2 unspecified atom stereocenters. The van der Waals surface area contributed by atoms with Gasteiger partial charge in [0.2, 0.25) is 18.2 Å². The van der Waals surface area contributed by atoms with Crippen LogP contribution in [0.2, 0.25) is 0 Å². The lowest BCUT2D eigenvalue weighted by Gasteiger charge is -2.29. The molecule has 2 aliphatic heterocycles. The Kier molecular flexibility index (Phi) is 11.2. The molecule has 3 aromatic rings. The van der Waals surface area contributed by atoms with Gasteiger partial charge in [0.25, 0.3) is 0 Å². The van der Waals surface area contributed by atoms with Crippen LogP contribution in [0.1, 0.15) is 52.1 Å². The fourth-order valence-electron chi connectivity index (χ4n) is 5.24. The molecule has 3 amide bonds. The zero-order chi connectivity index (χ0) is 30.8. The molecule has 2 atom stereocenters. The molecule has 2 aromatic heterocycles. The van der Waals surface area contributed by atoms with Crippen LogP contribution in [0.15, 0.2) is 88.7 Å². The van der Waals surface area contributed by atoms with Gasteiger partial charge in [-0.05, 0) is 62.9 Å². The molecule has 0 saturated carbocycles. The van der Waals surface area contributed by atoms with E-state index in [0.29, 0.717) is 19.4 Å². The molecule has 3 N–H and O–H groups in total. The number of likely N-dealkylation sites (tertiary alicyclic amines) is 1. The van der Waals surface area contributed by atoms with Gasteiger partial charge in [0.1, 0.15) is 17.6 Å². The summed E-state index contributed by atoms with van der Waals surface area (Å²) in [6, 6.07) is 11.4. The van der Waals surface area contributed by atoms with E-state index in [1.54, 1.807) is 29.1 Å². The number of aromatic amines is 1. The minimum absolute atomic E-state index is 0.0332. The number of benzene rings is 1. The van der Waals surface area contributed by atoms with Crippen LogP contribution in [-0.4, -0.2) is 51.7 Å². The van der Waals surface area contributed by atoms with Gasteiger partial charge >= 0.3 is 0 Å². The van der Waals surface area contributed by atoms with Crippen LogP contribution in [0.4, 0.5) is 0 Å². The van der Waals surface area contributed by atoms with E-state index in [2.05, 4.69) is 59.2 Å². The summed E-state index contributed by atoms with van der Waals surface area (Å²) >= 11 is 1.67. The van der Waals surface area contributed by atoms with E-state index >= 15 is 0 Å². The molecule has 10 heteroatoms. The smallest absolute Gasteiger partial charge is 0.243 e. The molecule has 43 heavy (non-hydrogen) atoms. The Morgan fingerprint density at radius 1 is 1.23 bits per heavy atom. The van der Waals surface area contributed by atoms with Gasteiger partial charge in [-0.3, -0.25) is 19.4 Å². The van der Waals surface area contributed by atoms with Crippen LogP contribution in [0, 0.1) is 0 Å². The van der Waals surface area contributed by atoms with Crippen LogP contribution in [0.25, 0.3) is 10.9 Å². The van der Waals surface area contributed by atoms with Crippen molar-refractivity contribution in [3.8, 4) is 5.75 Å². The van der Waals surface area contributed by atoms with Gasteiger partial charge in [-0.15, -0.1) is 0 Å². The van der Waals surface area contributed by atoms with E-state index in [1.807, 2.05) is 37.3 Å². The number of amides is 3. The summed E-state index contributed by atoms with van der Waals surface area (Å²) in [6.07, 6.45) is 11.4. The maximum atomic E-state index is 12.7. The molecule has 2 aliphatic rings. The number of rotatable bonds is 9. The Balaban J connectivity index is 0.000000215. The van der Waals surface area contributed by atoms with Crippen molar-refractivity contribution in [2.45, 2.75) is 70.0 Å². The molecule has 0 spiro atoms. The third-order valence-corrected chi connectivity index (χ3v) is 8.30. The Bertz CT molecular complexity index is 1500. The summed E-state index contributed by atoms with van der Waals surface area (Å²) in [5.74, 6) is 1.38. The molecule has 4 heterocycles. The van der Waals surface area contributed by atoms with Gasteiger partial charge in [-0.2, -0.15) is 0 Å². The highest BCUT2D eigenvalue weighted by Crippen LogP contribution is 2.43. The summed E-state index contributed by atoms with van der Waals surface area (Å²) in [7, 11) is 0. The van der Waals surface area contributed by atoms with Crippen molar-refractivity contribution in [3.63, 3.8) is 0 Å². The topological polar surface area (TPSA) is 116 Å². The number of pyridine rings is 1. The summed E-state index contributed by atoms with van der Waals surface area (Å²) in [5.41, 5.74) is 3.06. The Morgan fingerprint density at radius 2 is 2.05 bits per heavy atom. The Hall–Kier alpha value is -4.31. The van der Waals surface area contributed by atoms with Gasteiger partial charge in [-0.1, -0.05) is 56.0 Å². The van der Waals surface area contributed by atoms with E-state index in [0.717, 1.165) is 57.2 Å². The molecule has 1 aromatic carbocycles. The Labute approximate surface area is 256 Å². The molecule has 1 fully saturated rings. The predicted molar refractivity (Wildman–Crippen MR) is 170 cm³/mol. The number of ether oxygens (including phenoxy) is 1. The summed E-state index contributed by atoms with van der Waals surface area (Å²) in [5, 5.41) is 6.29. The zero-order valence-electron chi connectivity index (χ0n) is 24.9. The molecule has 1 saturated heterocycles. The summed E-state index contributed by atoms with van der Waals surface area (Å²) in [4.78, 5) is 46.5. The van der Waals surface area contributed by atoms with Crippen molar-refractivity contribution >= 4 is 40.9 Å². The van der Waals surface area contributed by atoms with Crippen LogP contribution in [-0.2, 0) is 20.9 Å². The molecule has 9 nitrogen and oxygen atoms in total. The first-order valence-corrected chi connectivity index (χ1v) is 15.4. The number of thioether (sulfide) groups is 1. The lowest BCUT2D eigenvalue weighted by atomic mass is 10.1. The first-order valence-electron chi connectivity index (χ1n) is 14.5. The SMILES string of the molecule is C=C1Sc2ccccc2O/C1=C/C(C)=C\CC.CCC1CCC(C(=O)NCc2cc3cnccc3[nH]2)N1C(=O)CNC=O. The third kappa shape index (κ3) is 8.16. The highest BCUT2D eigenvalue weighted by atomic mass is 32.2. The number of hydrogen-bond donors (Lipinski definition) is 3. The lowest BCUT2D eigenvalue weighted by molar-refractivity contribution is -0.140. The first kappa shape index (κ1) is 31.6. The van der Waals surface area contributed by atoms with Crippen LogP contribution < -0.4 is 15.4 Å². The van der Waals surface area contributed by atoms with Crippen molar-refractivity contribution in [1.29, 1.82) is 0 Å².